The third-order valence-electron chi connectivity index (χ3n) is 4.10. The number of benzene rings is 2. The Labute approximate surface area is 140 Å². The smallest absolute Gasteiger partial charge is 0.255 e. The standard InChI is InChI=1S/C18H20N2O4/c1-10-6-5-7-12-15(10)19-17(20-18(12)21)11-8-13(22-2)16(24-4)14(9-11)23-3/h5-9,17,19H,1-4H3,(H,20,21)/t17-/m0/s1. The van der Waals surface area contributed by atoms with E-state index in [4.69, 9.17) is 14.2 Å². The number of nitrogens with one attached hydrogen (secondary N) is 2. The fourth-order valence-electron chi connectivity index (χ4n) is 2.87. The normalized spacial score (nSPS) is 15.8. The van der Waals surface area contributed by atoms with Gasteiger partial charge in [0, 0.05) is 5.56 Å². The van der Waals surface area contributed by atoms with Gasteiger partial charge in [-0.05, 0) is 30.7 Å². The van der Waals surface area contributed by atoms with Crippen LogP contribution in [0.25, 0.3) is 0 Å². The van der Waals surface area contributed by atoms with Gasteiger partial charge in [-0.3, -0.25) is 4.79 Å². The van der Waals surface area contributed by atoms with Gasteiger partial charge in [-0.1, -0.05) is 12.1 Å². The summed E-state index contributed by atoms with van der Waals surface area (Å²) >= 11 is 0. The Morgan fingerprint density at radius 1 is 0.958 bits per heavy atom. The van der Waals surface area contributed by atoms with E-state index in [0.717, 1.165) is 16.8 Å². The van der Waals surface area contributed by atoms with Crippen molar-refractivity contribution in [2.45, 2.75) is 13.1 Å². The van der Waals surface area contributed by atoms with Crippen LogP contribution in [0.5, 0.6) is 17.2 Å². The molecule has 1 amide bonds. The molecule has 0 saturated heterocycles. The maximum absolute atomic E-state index is 12.4. The number of para-hydroxylation sites is 1. The zero-order chi connectivity index (χ0) is 17.3. The van der Waals surface area contributed by atoms with E-state index in [1.54, 1.807) is 27.4 Å². The first kappa shape index (κ1) is 16.0. The van der Waals surface area contributed by atoms with Crippen molar-refractivity contribution in [2.24, 2.45) is 0 Å². The van der Waals surface area contributed by atoms with E-state index in [9.17, 15) is 4.79 Å². The van der Waals surface area contributed by atoms with Gasteiger partial charge in [-0.25, -0.2) is 0 Å². The lowest BCUT2D eigenvalue weighted by atomic mass is 10.0. The molecule has 0 saturated carbocycles. The third kappa shape index (κ3) is 2.60. The Kier molecular flexibility index (Phi) is 4.20. The van der Waals surface area contributed by atoms with Crippen LogP contribution in [-0.2, 0) is 0 Å². The highest BCUT2D eigenvalue weighted by Crippen LogP contribution is 2.40. The molecule has 1 atom stereocenters. The molecular weight excluding hydrogens is 308 g/mol. The Bertz CT molecular complexity index is 764. The van der Waals surface area contributed by atoms with E-state index in [1.807, 2.05) is 31.2 Å². The molecule has 6 heteroatoms. The highest BCUT2D eigenvalue weighted by atomic mass is 16.5. The molecule has 0 spiro atoms. The predicted molar refractivity (Wildman–Crippen MR) is 91.1 cm³/mol. The lowest BCUT2D eigenvalue weighted by Crippen LogP contribution is -2.38. The average Bonchev–Trinajstić information content (AvgIpc) is 2.61. The molecule has 2 N–H and O–H groups in total. The van der Waals surface area contributed by atoms with Crippen LogP contribution in [0.4, 0.5) is 5.69 Å². The molecule has 2 aromatic rings. The minimum Gasteiger partial charge on any atom is -0.493 e. The van der Waals surface area contributed by atoms with Crippen LogP contribution in [0.15, 0.2) is 30.3 Å². The van der Waals surface area contributed by atoms with Crippen molar-refractivity contribution in [3.63, 3.8) is 0 Å². The summed E-state index contributed by atoms with van der Waals surface area (Å²) in [5.41, 5.74) is 3.30. The molecule has 24 heavy (non-hydrogen) atoms. The summed E-state index contributed by atoms with van der Waals surface area (Å²) in [5.74, 6) is 1.48. The monoisotopic (exact) mass is 328 g/mol. The Morgan fingerprint density at radius 2 is 1.62 bits per heavy atom. The molecule has 126 valence electrons. The second kappa shape index (κ2) is 6.31. The van der Waals surface area contributed by atoms with E-state index in [-0.39, 0.29) is 12.1 Å². The minimum absolute atomic E-state index is 0.119. The van der Waals surface area contributed by atoms with Crippen LogP contribution >= 0.6 is 0 Å². The van der Waals surface area contributed by atoms with Crippen molar-refractivity contribution in [2.75, 3.05) is 26.6 Å². The summed E-state index contributed by atoms with van der Waals surface area (Å²) in [5, 5.41) is 6.32. The quantitative estimate of drug-likeness (QED) is 0.903. The number of amides is 1. The first-order chi connectivity index (χ1) is 11.6. The molecule has 0 aliphatic carbocycles. The molecule has 0 unspecified atom stereocenters. The van der Waals surface area contributed by atoms with Gasteiger partial charge in [0.25, 0.3) is 5.91 Å². The average molecular weight is 328 g/mol. The number of rotatable bonds is 4. The van der Waals surface area contributed by atoms with Gasteiger partial charge < -0.3 is 24.8 Å². The maximum atomic E-state index is 12.4. The summed E-state index contributed by atoms with van der Waals surface area (Å²) in [6, 6.07) is 9.28. The van der Waals surface area contributed by atoms with Crippen molar-refractivity contribution in [3.8, 4) is 17.2 Å². The summed E-state index contributed by atoms with van der Waals surface area (Å²) in [7, 11) is 4.68. The van der Waals surface area contributed by atoms with E-state index < -0.39 is 0 Å². The van der Waals surface area contributed by atoms with Crippen molar-refractivity contribution in [1.29, 1.82) is 0 Å². The number of hydrogen-bond acceptors (Lipinski definition) is 5. The van der Waals surface area contributed by atoms with Crippen molar-refractivity contribution < 1.29 is 19.0 Å². The fraction of sp³-hybridized carbons (Fsp3) is 0.278. The molecule has 1 aliphatic rings. The number of fused-ring (bicyclic) bond motifs is 1. The summed E-state index contributed by atoms with van der Waals surface area (Å²) < 4.78 is 16.1. The molecule has 1 aliphatic heterocycles. The Balaban J connectivity index is 2.04. The lowest BCUT2D eigenvalue weighted by Gasteiger charge is -2.30. The first-order valence-electron chi connectivity index (χ1n) is 7.56. The number of aryl methyl sites for hydroxylation is 1. The van der Waals surface area contributed by atoms with Crippen LogP contribution in [0.3, 0.4) is 0 Å². The third-order valence-corrected chi connectivity index (χ3v) is 4.10. The van der Waals surface area contributed by atoms with E-state index >= 15 is 0 Å². The molecule has 0 radical (unpaired) electrons. The predicted octanol–water partition coefficient (Wildman–Crippen LogP) is 2.87. The minimum atomic E-state index is -0.389. The highest BCUT2D eigenvalue weighted by Gasteiger charge is 2.27. The van der Waals surface area contributed by atoms with E-state index in [0.29, 0.717) is 22.8 Å². The zero-order valence-electron chi connectivity index (χ0n) is 14.1. The maximum Gasteiger partial charge on any atom is 0.255 e. The summed E-state index contributed by atoms with van der Waals surface area (Å²) in [6.07, 6.45) is -0.389. The van der Waals surface area contributed by atoms with Crippen LogP contribution in [0.1, 0.15) is 27.7 Å². The molecule has 3 rings (SSSR count). The van der Waals surface area contributed by atoms with Crippen LogP contribution in [0, 0.1) is 6.92 Å². The molecule has 1 heterocycles. The number of hydrogen-bond donors (Lipinski definition) is 2. The number of carbonyl (C=O) groups excluding carboxylic acids is 1. The molecule has 0 fully saturated rings. The second-order valence-electron chi connectivity index (χ2n) is 5.51. The van der Waals surface area contributed by atoms with E-state index in [2.05, 4.69) is 10.6 Å². The topological polar surface area (TPSA) is 68.8 Å². The fourth-order valence-corrected chi connectivity index (χ4v) is 2.87. The SMILES string of the molecule is COc1cc([C@@H]2NC(=O)c3cccc(C)c3N2)cc(OC)c1OC. The van der Waals surface area contributed by atoms with Gasteiger partial charge in [-0.15, -0.1) is 0 Å². The van der Waals surface area contributed by atoms with Crippen molar-refractivity contribution in [1.82, 2.24) is 5.32 Å². The van der Waals surface area contributed by atoms with E-state index in [1.165, 1.54) is 0 Å². The van der Waals surface area contributed by atoms with Gasteiger partial charge in [0.05, 0.1) is 32.6 Å². The molecular formula is C18H20N2O4. The van der Waals surface area contributed by atoms with Crippen LogP contribution < -0.4 is 24.8 Å². The van der Waals surface area contributed by atoms with Gasteiger partial charge in [0.2, 0.25) is 5.75 Å². The van der Waals surface area contributed by atoms with Gasteiger partial charge in [0.15, 0.2) is 11.5 Å². The van der Waals surface area contributed by atoms with Crippen LogP contribution in [-0.4, -0.2) is 27.2 Å². The lowest BCUT2D eigenvalue weighted by molar-refractivity contribution is 0.0935. The number of anilines is 1. The van der Waals surface area contributed by atoms with Crippen molar-refractivity contribution in [3.05, 3.63) is 47.0 Å². The molecule has 2 aromatic carbocycles. The molecule has 0 bridgehead atoms. The summed E-state index contributed by atoms with van der Waals surface area (Å²) in [6.45, 7) is 1.97. The zero-order valence-corrected chi connectivity index (χ0v) is 14.1. The number of carbonyl (C=O) groups is 1. The summed E-state index contributed by atoms with van der Waals surface area (Å²) in [4.78, 5) is 12.4. The largest absolute Gasteiger partial charge is 0.493 e. The van der Waals surface area contributed by atoms with Crippen molar-refractivity contribution >= 4 is 11.6 Å². The molecule has 6 nitrogen and oxygen atoms in total. The van der Waals surface area contributed by atoms with Gasteiger partial charge in [-0.2, -0.15) is 0 Å². The Morgan fingerprint density at radius 3 is 2.21 bits per heavy atom. The first-order valence-corrected chi connectivity index (χ1v) is 7.56. The van der Waals surface area contributed by atoms with Gasteiger partial charge in [0.1, 0.15) is 6.17 Å². The Hall–Kier alpha value is -2.89. The number of ether oxygens (including phenoxy) is 3. The highest BCUT2D eigenvalue weighted by molar-refractivity contribution is 6.02. The number of methoxy groups -OCH3 is 3. The van der Waals surface area contributed by atoms with Crippen LogP contribution in [0.2, 0.25) is 0 Å². The second-order valence-corrected chi connectivity index (χ2v) is 5.51. The molecule has 0 aromatic heterocycles. The van der Waals surface area contributed by atoms with Gasteiger partial charge >= 0.3 is 0 Å².